The molecule has 10 nitrogen and oxygen atoms in total. The topological polar surface area (TPSA) is 105 Å². The molecule has 0 amide bonds. The van der Waals surface area contributed by atoms with Crippen molar-refractivity contribution < 1.29 is 9.15 Å². The van der Waals surface area contributed by atoms with Crippen molar-refractivity contribution in [3.05, 3.63) is 100.0 Å². The lowest BCUT2D eigenvalue weighted by Gasteiger charge is -2.40. The van der Waals surface area contributed by atoms with Gasteiger partial charge in [-0.25, -0.2) is 4.68 Å². The third-order valence-corrected chi connectivity index (χ3v) is 7.44. The number of benzene rings is 2. The number of aromatic nitrogens is 5. The van der Waals surface area contributed by atoms with E-state index in [1.165, 1.54) is 5.56 Å². The fourth-order valence-corrected chi connectivity index (χ4v) is 5.38. The number of rotatable bonds is 8. The molecule has 0 bridgehead atoms. The van der Waals surface area contributed by atoms with Crippen LogP contribution in [0.15, 0.2) is 76.1 Å². The van der Waals surface area contributed by atoms with Gasteiger partial charge in [-0.15, -0.1) is 5.10 Å². The molecule has 1 N–H and O–H groups in total. The number of methoxy groups -OCH3 is 1. The van der Waals surface area contributed by atoms with Crippen LogP contribution >= 0.6 is 0 Å². The molecule has 39 heavy (non-hydrogen) atoms. The summed E-state index contributed by atoms with van der Waals surface area (Å²) in [6, 6.07) is 19.5. The molecule has 0 saturated carbocycles. The van der Waals surface area contributed by atoms with Gasteiger partial charge in [0.1, 0.15) is 24.1 Å². The molecule has 5 aromatic rings. The van der Waals surface area contributed by atoms with Crippen LogP contribution in [0.25, 0.3) is 10.9 Å². The Morgan fingerprint density at radius 2 is 1.90 bits per heavy atom. The Balaban J connectivity index is 1.39. The van der Waals surface area contributed by atoms with Crippen molar-refractivity contribution in [2.75, 3.05) is 38.2 Å². The lowest BCUT2D eigenvalue weighted by molar-refractivity contribution is 0.199. The van der Waals surface area contributed by atoms with E-state index in [9.17, 15) is 4.79 Å². The van der Waals surface area contributed by atoms with Crippen LogP contribution in [0.2, 0.25) is 0 Å². The van der Waals surface area contributed by atoms with E-state index in [0.717, 1.165) is 47.6 Å². The number of hydrogen-bond acceptors (Lipinski definition) is 8. The Hall–Kier alpha value is -4.44. The number of aromatic amines is 1. The predicted molar refractivity (Wildman–Crippen MR) is 148 cm³/mol. The number of tetrazole rings is 1. The van der Waals surface area contributed by atoms with E-state index >= 15 is 0 Å². The summed E-state index contributed by atoms with van der Waals surface area (Å²) >= 11 is 0. The average molecular weight is 526 g/mol. The number of H-pyrrole nitrogens is 1. The molecule has 1 aliphatic heterocycles. The molecule has 1 fully saturated rings. The molecular weight excluding hydrogens is 494 g/mol. The molecule has 1 saturated heterocycles. The summed E-state index contributed by atoms with van der Waals surface area (Å²) in [7, 11) is 1.69. The first kappa shape index (κ1) is 24.9. The highest BCUT2D eigenvalue weighted by atomic mass is 16.5. The number of furan rings is 1. The standard InChI is InChI=1S/C29H31N7O3/c1-3-20-10-11-24-21(17-20)18-23(29(37)30-24)27(28-31-32-33-36(28)19-22-7-6-16-39-22)35-14-12-34(13-15-35)25-8-4-5-9-26(25)38-2/h4-11,16-18,27H,3,12-15,19H2,1-2H3,(H,30,37)/t27-/m0/s1. The summed E-state index contributed by atoms with van der Waals surface area (Å²) in [4.78, 5) is 21.3. The van der Waals surface area contributed by atoms with E-state index in [2.05, 4.69) is 55.4 Å². The van der Waals surface area contributed by atoms with Gasteiger partial charge in [-0.2, -0.15) is 0 Å². The second-order valence-electron chi connectivity index (χ2n) is 9.70. The quantitative estimate of drug-likeness (QED) is 0.327. The largest absolute Gasteiger partial charge is 0.495 e. The van der Waals surface area contributed by atoms with Crippen molar-refractivity contribution in [2.45, 2.75) is 25.9 Å². The van der Waals surface area contributed by atoms with E-state index in [-0.39, 0.29) is 5.56 Å². The van der Waals surface area contributed by atoms with Gasteiger partial charge < -0.3 is 19.0 Å². The van der Waals surface area contributed by atoms with Crippen molar-refractivity contribution >= 4 is 16.6 Å². The van der Waals surface area contributed by atoms with Crippen molar-refractivity contribution in [3.8, 4) is 5.75 Å². The predicted octanol–water partition coefficient (Wildman–Crippen LogP) is 3.64. The number of anilines is 1. The Morgan fingerprint density at radius 1 is 1.05 bits per heavy atom. The molecule has 10 heteroatoms. The van der Waals surface area contributed by atoms with Gasteiger partial charge in [0.05, 0.1) is 19.1 Å². The van der Waals surface area contributed by atoms with E-state index in [1.807, 2.05) is 42.5 Å². The summed E-state index contributed by atoms with van der Waals surface area (Å²) in [5, 5.41) is 13.7. The highest BCUT2D eigenvalue weighted by Crippen LogP contribution is 2.32. The maximum atomic E-state index is 13.6. The first-order chi connectivity index (χ1) is 19.1. The van der Waals surface area contributed by atoms with Crippen molar-refractivity contribution in [3.63, 3.8) is 0 Å². The zero-order valence-electron chi connectivity index (χ0n) is 22.1. The smallest absolute Gasteiger partial charge is 0.253 e. The van der Waals surface area contributed by atoms with Gasteiger partial charge in [-0.1, -0.05) is 25.1 Å². The molecule has 4 heterocycles. The van der Waals surface area contributed by atoms with Gasteiger partial charge in [-0.3, -0.25) is 9.69 Å². The van der Waals surface area contributed by atoms with Crippen LogP contribution < -0.4 is 15.2 Å². The maximum absolute atomic E-state index is 13.6. The van der Waals surface area contributed by atoms with Crippen LogP contribution in [0.5, 0.6) is 5.75 Å². The highest BCUT2D eigenvalue weighted by molar-refractivity contribution is 5.80. The fraction of sp³-hybridized carbons (Fsp3) is 0.310. The van der Waals surface area contributed by atoms with Gasteiger partial charge in [0.2, 0.25) is 0 Å². The summed E-state index contributed by atoms with van der Waals surface area (Å²) in [6.07, 6.45) is 2.55. The van der Waals surface area contributed by atoms with Gasteiger partial charge in [-0.05, 0) is 70.3 Å². The first-order valence-electron chi connectivity index (χ1n) is 13.2. The van der Waals surface area contributed by atoms with E-state index in [1.54, 1.807) is 18.1 Å². The van der Waals surface area contributed by atoms with Crippen LogP contribution in [0.3, 0.4) is 0 Å². The Morgan fingerprint density at radius 3 is 2.67 bits per heavy atom. The fourth-order valence-electron chi connectivity index (χ4n) is 5.38. The SMILES string of the molecule is CCc1ccc2[nH]c(=O)c([C@@H](c3nnnn3Cc3ccco3)N3CCN(c4ccccc4OC)CC3)cc2c1. The number of piperazine rings is 1. The molecule has 1 atom stereocenters. The molecule has 3 aromatic heterocycles. The zero-order chi connectivity index (χ0) is 26.8. The lowest BCUT2D eigenvalue weighted by Crippen LogP contribution is -2.49. The summed E-state index contributed by atoms with van der Waals surface area (Å²) < 4.78 is 12.9. The van der Waals surface area contributed by atoms with Crippen molar-refractivity contribution in [1.29, 1.82) is 0 Å². The highest BCUT2D eigenvalue weighted by Gasteiger charge is 2.33. The molecule has 2 aromatic carbocycles. The summed E-state index contributed by atoms with van der Waals surface area (Å²) in [5.74, 6) is 2.19. The normalized spacial score (nSPS) is 15.1. The molecule has 200 valence electrons. The number of nitrogens with one attached hydrogen (secondary N) is 1. The van der Waals surface area contributed by atoms with Crippen LogP contribution in [0.1, 0.15) is 35.7 Å². The number of aryl methyl sites for hydroxylation is 1. The van der Waals surface area contributed by atoms with Gasteiger partial charge in [0, 0.05) is 37.3 Å². The van der Waals surface area contributed by atoms with Crippen molar-refractivity contribution in [2.24, 2.45) is 0 Å². The monoisotopic (exact) mass is 525 g/mol. The lowest BCUT2D eigenvalue weighted by atomic mass is 10.0. The number of nitrogens with zero attached hydrogens (tertiary/aromatic N) is 6. The van der Waals surface area contributed by atoms with Gasteiger partial charge in [0.25, 0.3) is 5.56 Å². The second-order valence-corrected chi connectivity index (χ2v) is 9.70. The van der Waals surface area contributed by atoms with Crippen LogP contribution in [0.4, 0.5) is 5.69 Å². The number of ether oxygens (including phenoxy) is 1. The van der Waals surface area contributed by atoms with Crippen LogP contribution in [-0.2, 0) is 13.0 Å². The summed E-state index contributed by atoms with van der Waals surface area (Å²) in [5.41, 5.74) is 3.57. The van der Waals surface area contributed by atoms with E-state index in [4.69, 9.17) is 9.15 Å². The molecule has 0 unspecified atom stereocenters. The minimum atomic E-state index is -0.437. The molecule has 0 aliphatic carbocycles. The third kappa shape index (κ3) is 4.90. The Labute approximate surface area is 225 Å². The number of hydrogen-bond donors (Lipinski definition) is 1. The number of pyridine rings is 1. The van der Waals surface area contributed by atoms with E-state index < -0.39 is 6.04 Å². The first-order valence-corrected chi connectivity index (χ1v) is 13.2. The van der Waals surface area contributed by atoms with E-state index in [0.29, 0.717) is 31.0 Å². The van der Waals surface area contributed by atoms with Gasteiger partial charge in [0.15, 0.2) is 5.82 Å². The number of fused-ring (bicyclic) bond motifs is 1. The van der Waals surface area contributed by atoms with Crippen molar-refractivity contribution in [1.82, 2.24) is 30.1 Å². The van der Waals surface area contributed by atoms with Gasteiger partial charge >= 0.3 is 0 Å². The van der Waals surface area contributed by atoms with Crippen LogP contribution in [-0.4, -0.2) is 63.4 Å². The average Bonchev–Trinajstić information content (AvgIpc) is 3.66. The Bertz CT molecular complexity index is 1620. The van der Waals surface area contributed by atoms with Crippen LogP contribution in [0, 0.1) is 0 Å². The maximum Gasteiger partial charge on any atom is 0.253 e. The Kier molecular flexibility index (Phi) is 6.85. The number of para-hydroxylation sites is 2. The zero-order valence-corrected chi connectivity index (χ0v) is 22.1. The molecular formula is C29H31N7O3. The molecule has 6 rings (SSSR count). The third-order valence-electron chi connectivity index (χ3n) is 7.44. The molecule has 1 aliphatic rings. The molecule has 0 radical (unpaired) electrons. The minimum absolute atomic E-state index is 0.142. The minimum Gasteiger partial charge on any atom is -0.495 e. The molecule has 0 spiro atoms. The second kappa shape index (κ2) is 10.7. The summed E-state index contributed by atoms with van der Waals surface area (Å²) in [6.45, 7) is 5.45.